The molecule has 0 aromatic rings. The molecule has 2 aliphatic rings. The van der Waals surface area contributed by atoms with Crippen molar-refractivity contribution in [1.82, 2.24) is 10.6 Å². The van der Waals surface area contributed by atoms with E-state index in [1.807, 2.05) is 0 Å². The highest BCUT2D eigenvalue weighted by molar-refractivity contribution is 7.94. The van der Waals surface area contributed by atoms with Gasteiger partial charge in [0.25, 0.3) is 0 Å². The van der Waals surface area contributed by atoms with E-state index >= 15 is 0 Å². The fourth-order valence-electron chi connectivity index (χ4n) is 2.35. The molecule has 7 nitrogen and oxygen atoms in total. The zero-order chi connectivity index (χ0) is 14.1. The van der Waals surface area contributed by atoms with E-state index in [1.54, 1.807) is 0 Å². The van der Waals surface area contributed by atoms with E-state index in [-0.39, 0.29) is 12.2 Å². The van der Waals surface area contributed by atoms with E-state index in [9.17, 15) is 18.0 Å². The first kappa shape index (κ1) is 13.9. The van der Waals surface area contributed by atoms with E-state index in [1.165, 1.54) is 6.08 Å². The Labute approximate surface area is 111 Å². The highest BCUT2D eigenvalue weighted by Crippen LogP contribution is 2.34. The van der Waals surface area contributed by atoms with Crippen molar-refractivity contribution < 1.29 is 23.1 Å². The number of rotatable bonds is 4. The van der Waals surface area contributed by atoms with Crippen LogP contribution in [0.5, 0.6) is 0 Å². The summed E-state index contributed by atoms with van der Waals surface area (Å²) in [7, 11) is -3.21. The molecule has 0 radical (unpaired) electrons. The van der Waals surface area contributed by atoms with Crippen LogP contribution in [0.25, 0.3) is 0 Å². The second kappa shape index (κ2) is 4.84. The largest absolute Gasteiger partial charge is 0.481 e. The van der Waals surface area contributed by atoms with Gasteiger partial charge in [0.15, 0.2) is 9.84 Å². The maximum atomic E-state index is 11.8. The number of carbonyl (C=O) groups excluding carboxylic acids is 1. The van der Waals surface area contributed by atoms with Crippen molar-refractivity contribution >= 4 is 21.8 Å². The molecular weight excluding hydrogens is 272 g/mol. The third-order valence-corrected chi connectivity index (χ3v) is 4.82. The first-order valence-corrected chi connectivity index (χ1v) is 7.73. The molecule has 0 bridgehead atoms. The molecule has 1 atom stereocenters. The van der Waals surface area contributed by atoms with E-state index in [0.29, 0.717) is 12.8 Å². The van der Waals surface area contributed by atoms with E-state index in [0.717, 1.165) is 11.8 Å². The van der Waals surface area contributed by atoms with Crippen LogP contribution < -0.4 is 10.6 Å². The average molecular weight is 288 g/mol. The normalized spacial score (nSPS) is 26.4. The Hall–Kier alpha value is -1.57. The van der Waals surface area contributed by atoms with Crippen LogP contribution in [0.3, 0.4) is 0 Å². The Balaban J connectivity index is 1.88. The molecule has 1 heterocycles. The summed E-state index contributed by atoms with van der Waals surface area (Å²) in [6, 6.07) is -1.07. The molecule has 3 N–H and O–H groups in total. The van der Waals surface area contributed by atoms with Crippen LogP contribution in [0.4, 0.5) is 4.79 Å². The van der Waals surface area contributed by atoms with Crippen molar-refractivity contribution in [3.8, 4) is 0 Å². The van der Waals surface area contributed by atoms with Gasteiger partial charge in [0.1, 0.15) is 0 Å². The van der Waals surface area contributed by atoms with Gasteiger partial charge in [-0.25, -0.2) is 13.2 Å². The highest BCUT2D eigenvalue weighted by atomic mass is 32.2. The van der Waals surface area contributed by atoms with Gasteiger partial charge in [-0.2, -0.15) is 0 Å². The predicted octanol–water partition coefficient (Wildman–Crippen LogP) is -0.00630. The zero-order valence-electron chi connectivity index (χ0n) is 10.3. The maximum Gasteiger partial charge on any atom is 0.315 e. The fraction of sp³-hybridized carbons (Fsp3) is 0.636. The van der Waals surface area contributed by atoms with Gasteiger partial charge in [-0.15, -0.1) is 0 Å². The van der Waals surface area contributed by atoms with Crippen molar-refractivity contribution in [2.45, 2.75) is 37.3 Å². The van der Waals surface area contributed by atoms with Crippen molar-refractivity contribution in [3.05, 3.63) is 11.5 Å². The SMILES string of the molecule is O=C(O)CC1(NC(=O)NC2C=CS(=O)(=O)C2)CCC1. The van der Waals surface area contributed by atoms with E-state index in [4.69, 9.17) is 5.11 Å². The Morgan fingerprint density at radius 1 is 1.37 bits per heavy atom. The lowest BCUT2D eigenvalue weighted by Crippen LogP contribution is -2.58. The summed E-state index contributed by atoms with van der Waals surface area (Å²) < 4.78 is 22.4. The van der Waals surface area contributed by atoms with Gasteiger partial charge in [-0.1, -0.05) is 0 Å². The number of hydrogen-bond donors (Lipinski definition) is 3. The summed E-state index contributed by atoms with van der Waals surface area (Å²) >= 11 is 0. The molecule has 1 fully saturated rings. The quantitative estimate of drug-likeness (QED) is 0.673. The summed E-state index contributed by atoms with van der Waals surface area (Å²) in [5, 5.41) is 15.1. The predicted molar refractivity (Wildman–Crippen MR) is 67.2 cm³/mol. The Morgan fingerprint density at radius 2 is 2.05 bits per heavy atom. The molecule has 1 aliphatic heterocycles. The molecule has 0 spiro atoms. The molecule has 8 heteroatoms. The fourth-order valence-corrected chi connectivity index (χ4v) is 3.59. The van der Waals surface area contributed by atoms with Crippen molar-refractivity contribution in [3.63, 3.8) is 0 Å². The summed E-state index contributed by atoms with van der Waals surface area (Å²) in [6.07, 6.45) is 3.45. The third-order valence-electron chi connectivity index (χ3n) is 3.43. The number of carboxylic acid groups (broad SMARTS) is 1. The highest BCUT2D eigenvalue weighted by Gasteiger charge is 2.40. The Morgan fingerprint density at radius 3 is 2.47 bits per heavy atom. The number of carboxylic acids is 1. The van der Waals surface area contributed by atoms with Gasteiger partial charge in [0.2, 0.25) is 0 Å². The van der Waals surface area contributed by atoms with Gasteiger partial charge in [0, 0.05) is 5.41 Å². The second-order valence-corrected chi connectivity index (χ2v) is 7.00. The molecular formula is C11H16N2O5S. The summed E-state index contributed by atoms with van der Waals surface area (Å²) in [4.78, 5) is 22.5. The number of sulfone groups is 1. The third kappa shape index (κ3) is 3.46. The smallest absolute Gasteiger partial charge is 0.315 e. The molecule has 2 rings (SSSR count). The van der Waals surface area contributed by atoms with E-state index < -0.39 is 33.4 Å². The van der Waals surface area contributed by atoms with Crippen LogP contribution in [0.1, 0.15) is 25.7 Å². The van der Waals surface area contributed by atoms with Gasteiger partial charge in [-0.05, 0) is 25.3 Å². The molecule has 19 heavy (non-hydrogen) atoms. The number of nitrogens with one attached hydrogen (secondary N) is 2. The van der Waals surface area contributed by atoms with Gasteiger partial charge in [0.05, 0.1) is 23.8 Å². The summed E-state index contributed by atoms with van der Waals surface area (Å²) in [5.41, 5.74) is -0.683. The van der Waals surface area contributed by atoms with Crippen molar-refractivity contribution in [2.75, 3.05) is 5.75 Å². The molecule has 1 saturated carbocycles. The van der Waals surface area contributed by atoms with Crippen molar-refractivity contribution in [1.29, 1.82) is 0 Å². The summed E-state index contributed by atoms with van der Waals surface area (Å²) in [6.45, 7) is 0. The van der Waals surface area contributed by atoms with E-state index in [2.05, 4.69) is 10.6 Å². The number of aliphatic carboxylic acids is 1. The van der Waals surface area contributed by atoms with Crippen LogP contribution in [0.2, 0.25) is 0 Å². The lowest BCUT2D eigenvalue weighted by molar-refractivity contribution is -0.139. The number of hydrogen-bond acceptors (Lipinski definition) is 4. The van der Waals surface area contributed by atoms with Crippen LogP contribution in [0, 0.1) is 0 Å². The minimum atomic E-state index is -3.21. The first-order valence-electron chi connectivity index (χ1n) is 6.02. The lowest BCUT2D eigenvalue weighted by atomic mass is 9.74. The number of urea groups is 1. The van der Waals surface area contributed by atoms with Crippen LogP contribution in [-0.4, -0.2) is 42.9 Å². The minimum Gasteiger partial charge on any atom is -0.481 e. The molecule has 0 aromatic heterocycles. The van der Waals surface area contributed by atoms with Gasteiger partial charge >= 0.3 is 12.0 Å². The molecule has 2 amide bonds. The number of carbonyl (C=O) groups is 2. The molecule has 0 saturated heterocycles. The van der Waals surface area contributed by atoms with Crippen LogP contribution in [-0.2, 0) is 14.6 Å². The maximum absolute atomic E-state index is 11.8. The first-order chi connectivity index (χ1) is 8.80. The monoisotopic (exact) mass is 288 g/mol. The standard InChI is InChI=1S/C11H16N2O5S/c14-9(15)6-11(3-1-4-11)13-10(16)12-8-2-5-19(17,18)7-8/h2,5,8H,1,3-4,6-7H2,(H,14,15)(H2,12,13,16). The molecule has 1 unspecified atom stereocenters. The Kier molecular flexibility index (Phi) is 3.53. The molecule has 0 aromatic carbocycles. The topological polar surface area (TPSA) is 113 Å². The molecule has 1 aliphatic carbocycles. The second-order valence-electron chi connectivity index (χ2n) is 5.07. The van der Waals surface area contributed by atoms with Crippen LogP contribution in [0.15, 0.2) is 11.5 Å². The summed E-state index contributed by atoms with van der Waals surface area (Å²) in [5.74, 6) is -1.10. The van der Waals surface area contributed by atoms with Gasteiger partial charge in [-0.3, -0.25) is 4.79 Å². The zero-order valence-corrected chi connectivity index (χ0v) is 11.1. The Bertz CT molecular complexity index is 521. The average Bonchev–Trinajstić information content (AvgIpc) is 2.53. The van der Waals surface area contributed by atoms with Gasteiger partial charge < -0.3 is 15.7 Å². The van der Waals surface area contributed by atoms with Crippen molar-refractivity contribution in [2.24, 2.45) is 0 Å². The minimum absolute atomic E-state index is 0.112. The molecule has 106 valence electrons. The number of amides is 2. The lowest BCUT2D eigenvalue weighted by Gasteiger charge is -2.41. The van der Waals surface area contributed by atoms with Crippen LogP contribution >= 0.6 is 0 Å².